The molecule has 0 spiro atoms. The van der Waals surface area contributed by atoms with Crippen LogP contribution in [0.4, 0.5) is 11.4 Å². The number of hydrogen-bond acceptors (Lipinski definition) is 7. The molecule has 0 atom stereocenters. The Morgan fingerprint density at radius 3 is 2.10 bits per heavy atom. The van der Waals surface area contributed by atoms with Crippen LogP contribution in [-0.2, 0) is 0 Å². The lowest BCUT2D eigenvalue weighted by Crippen LogP contribution is -2.36. The third-order valence-corrected chi connectivity index (χ3v) is 2.65. The molecule has 0 bridgehead atoms. The zero-order chi connectivity index (χ0) is 16.0. The highest BCUT2D eigenvalue weighted by atomic mass is 16.6. The summed E-state index contributed by atoms with van der Waals surface area (Å²) in [5, 5.41) is 39.3. The minimum atomic E-state index is -0.893. The molecule has 2 N–H and O–H groups in total. The Hall–Kier alpha value is -2.59. The van der Waals surface area contributed by atoms with Gasteiger partial charge >= 0.3 is 0 Å². The number of aliphatic hydroxyl groups excluding tert-OH is 2. The molecule has 0 saturated carbocycles. The zero-order valence-corrected chi connectivity index (χ0v) is 10.8. The summed E-state index contributed by atoms with van der Waals surface area (Å²) in [6, 6.07) is 2.67. The largest absolute Gasteiger partial charge is 0.395 e. The molecular formula is C11H13N3O7. The van der Waals surface area contributed by atoms with E-state index in [1.165, 1.54) is 0 Å². The van der Waals surface area contributed by atoms with E-state index in [4.69, 9.17) is 10.2 Å². The van der Waals surface area contributed by atoms with Crippen molar-refractivity contribution >= 4 is 17.3 Å². The normalized spacial score (nSPS) is 10.2. The lowest BCUT2D eigenvalue weighted by molar-refractivity contribution is -0.394. The van der Waals surface area contributed by atoms with Crippen LogP contribution >= 0.6 is 0 Å². The van der Waals surface area contributed by atoms with Crippen LogP contribution in [0.3, 0.4) is 0 Å². The van der Waals surface area contributed by atoms with Crippen molar-refractivity contribution in [3.05, 3.63) is 44.0 Å². The smallest absolute Gasteiger partial charge is 0.289 e. The van der Waals surface area contributed by atoms with E-state index < -0.39 is 27.1 Å². The maximum absolute atomic E-state index is 12.2. The number of aliphatic hydroxyl groups is 2. The first-order valence-corrected chi connectivity index (χ1v) is 5.86. The fraction of sp³-hybridized carbons (Fsp3) is 0.364. The maximum atomic E-state index is 12.2. The monoisotopic (exact) mass is 299 g/mol. The number of hydrogen-bond donors (Lipinski definition) is 2. The van der Waals surface area contributed by atoms with Crippen LogP contribution in [0.1, 0.15) is 10.4 Å². The Bertz CT molecular complexity index is 555. The minimum Gasteiger partial charge on any atom is -0.395 e. The van der Waals surface area contributed by atoms with Crippen molar-refractivity contribution in [2.75, 3.05) is 26.3 Å². The van der Waals surface area contributed by atoms with Gasteiger partial charge in [-0.1, -0.05) is 0 Å². The van der Waals surface area contributed by atoms with Gasteiger partial charge in [-0.15, -0.1) is 0 Å². The molecule has 0 aromatic heterocycles. The van der Waals surface area contributed by atoms with Crippen molar-refractivity contribution < 1.29 is 24.9 Å². The number of amides is 1. The number of nitro groups is 2. The Morgan fingerprint density at radius 1 is 1.10 bits per heavy atom. The average Bonchev–Trinajstić information content (AvgIpc) is 2.45. The van der Waals surface area contributed by atoms with Crippen LogP contribution in [0.5, 0.6) is 0 Å². The van der Waals surface area contributed by atoms with Crippen molar-refractivity contribution in [1.29, 1.82) is 0 Å². The highest BCUT2D eigenvalue weighted by Crippen LogP contribution is 2.25. The summed E-state index contributed by atoms with van der Waals surface area (Å²) in [6.07, 6.45) is 0. The van der Waals surface area contributed by atoms with E-state index in [9.17, 15) is 25.0 Å². The lowest BCUT2D eigenvalue weighted by atomic mass is 10.1. The Labute approximate surface area is 118 Å². The molecule has 114 valence electrons. The zero-order valence-electron chi connectivity index (χ0n) is 10.8. The second-order valence-electron chi connectivity index (χ2n) is 3.96. The molecule has 0 radical (unpaired) electrons. The quantitative estimate of drug-likeness (QED) is 0.529. The van der Waals surface area contributed by atoms with Gasteiger partial charge in [0.1, 0.15) is 5.56 Å². The molecule has 0 aliphatic rings. The molecule has 0 aliphatic carbocycles. The lowest BCUT2D eigenvalue weighted by Gasteiger charge is -2.20. The van der Waals surface area contributed by atoms with Gasteiger partial charge in [0.15, 0.2) is 0 Å². The molecule has 21 heavy (non-hydrogen) atoms. The van der Waals surface area contributed by atoms with Gasteiger partial charge in [-0.05, 0) is 6.07 Å². The van der Waals surface area contributed by atoms with Crippen molar-refractivity contribution in [2.24, 2.45) is 0 Å². The summed E-state index contributed by atoms with van der Waals surface area (Å²) in [6.45, 7) is -1.000. The van der Waals surface area contributed by atoms with Crippen LogP contribution in [0.15, 0.2) is 18.2 Å². The molecule has 10 heteroatoms. The molecular weight excluding hydrogens is 286 g/mol. The number of non-ortho nitro benzene ring substituents is 1. The number of rotatable bonds is 7. The van der Waals surface area contributed by atoms with Crippen LogP contribution in [0, 0.1) is 20.2 Å². The first-order chi connectivity index (χ1) is 9.92. The molecule has 1 rings (SSSR count). The first-order valence-electron chi connectivity index (χ1n) is 5.86. The molecule has 1 aromatic carbocycles. The molecule has 0 saturated heterocycles. The van der Waals surface area contributed by atoms with Gasteiger partial charge in [-0.3, -0.25) is 25.0 Å². The summed E-state index contributed by atoms with van der Waals surface area (Å²) in [4.78, 5) is 33.1. The van der Waals surface area contributed by atoms with Gasteiger partial charge in [-0.2, -0.15) is 0 Å². The van der Waals surface area contributed by atoms with Crippen molar-refractivity contribution in [1.82, 2.24) is 4.90 Å². The Kier molecular flexibility index (Phi) is 5.69. The van der Waals surface area contributed by atoms with Gasteiger partial charge < -0.3 is 15.1 Å². The van der Waals surface area contributed by atoms with E-state index >= 15 is 0 Å². The fourth-order valence-corrected chi connectivity index (χ4v) is 1.69. The van der Waals surface area contributed by atoms with Gasteiger partial charge in [0.05, 0.1) is 29.1 Å². The predicted molar refractivity (Wildman–Crippen MR) is 69.8 cm³/mol. The SMILES string of the molecule is O=C(c1ccc([N+](=O)[O-])cc1[N+](=O)[O-])N(CCO)CCO. The molecule has 1 aromatic rings. The number of carbonyl (C=O) groups is 1. The molecule has 1 amide bonds. The van der Waals surface area contributed by atoms with E-state index in [-0.39, 0.29) is 31.9 Å². The molecule has 10 nitrogen and oxygen atoms in total. The van der Waals surface area contributed by atoms with Gasteiger partial charge in [0.2, 0.25) is 0 Å². The maximum Gasteiger partial charge on any atom is 0.289 e. The number of nitrogens with zero attached hydrogens (tertiary/aromatic N) is 3. The van der Waals surface area contributed by atoms with E-state index in [0.717, 1.165) is 17.0 Å². The summed E-state index contributed by atoms with van der Waals surface area (Å²) >= 11 is 0. The minimum absolute atomic E-state index is 0.118. The average molecular weight is 299 g/mol. The highest BCUT2D eigenvalue weighted by molar-refractivity contribution is 5.98. The van der Waals surface area contributed by atoms with Crippen LogP contribution in [0.25, 0.3) is 0 Å². The van der Waals surface area contributed by atoms with E-state index in [0.29, 0.717) is 6.07 Å². The third-order valence-electron chi connectivity index (χ3n) is 2.65. The van der Waals surface area contributed by atoms with Crippen LogP contribution in [0.2, 0.25) is 0 Å². The highest BCUT2D eigenvalue weighted by Gasteiger charge is 2.27. The predicted octanol–water partition coefficient (Wildman–Crippen LogP) is -0.0702. The molecule has 0 aliphatic heterocycles. The second-order valence-corrected chi connectivity index (χ2v) is 3.96. The Balaban J connectivity index is 3.24. The van der Waals surface area contributed by atoms with Crippen molar-refractivity contribution in [3.8, 4) is 0 Å². The van der Waals surface area contributed by atoms with Gasteiger partial charge in [-0.25, -0.2) is 0 Å². The van der Waals surface area contributed by atoms with Crippen LogP contribution < -0.4 is 0 Å². The number of benzene rings is 1. The summed E-state index contributed by atoms with van der Waals surface area (Å²) in [5.74, 6) is -0.792. The van der Waals surface area contributed by atoms with E-state index in [1.807, 2.05) is 0 Å². The Morgan fingerprint density at radius 2 is 1.67 bits per heavy atom. The topological polar surface area (TPSA) is 147 Å². The van der Waals surface area contributed by atoms with Gasteiger partial charge in [0, 0.05) is 19.2 Å². The first kappa shape index (κ1) is 16.5. The van der Waals surface area contributed by atoms with E-state index in [1.54, 1.807) is 0 Å². The molecule has 0 heterocycles. The van der Waals surface area contributed by atoms with Crippen molar-refractivity contribution in [2.45, 2.75) is 0 Å². The van der Waals surface area contributed by atoms with Crippen molar-refractivity contribution in [3.63, 3.8) is 0 Å². The fourth-order valence-electron chi connectivity index (χ4n) is 1.69. The van der Waals surface area contributed by atoms with Crippen LogP contribution in [-0.4, -0.2) is 57.2 Å². The summed E-state index contributed by atoms with van der Waals surface area (Å²) < 4.78 is 0. The van der Waals surface area contributed by atoms with Gasteiger partial charge in [0.25, 0.3) is 17.3 Å². The molecule has 0 fully saturated rings. The third kappa shape index (κ3) is 3.94. The standard InChI is InChI=1S/C11H13N3O7/c15-5-3-12(4-6-16)11(17)9-2-1-8(13(18)19)7-10(9)14(20)21/h1-2,7,15-16H,3-6H2. The summed E-state index contributed by atoms with van der Waals surface area (Å²) in [7, 11) is 0. The summed E-state index contributed by atoms with van der Waals surface area (Å²) in [5.41, 5.74) is -1.54. The van der Waals surface area contributed by atoms with E-state index in [2.05, 4.69) is 0 Å². The second kappa shape index (κ2) is 7.26. The number of nitro benzene ring substituents is 2. The molecule has 0 unspecified atom stereocenters. The number of carbonyl (C=O) groups excluding carboxylic acids is 1.